The van der Waals surface area contributed by atoms with Crippen molar-refractivity contribution in [3.63, 3.8) is 0 Å². The summed E-state index contributed by atoms with van der Waals surface area (Å²) in [5, 5.41) is 9.61. The fourth-order valence-electron chi connectivity index (χ4n) is 0.925. The van der Waals surface area contributed by atoms with Crippen LogP contribution in [0.4, 0.5) is 0 Å². The van der Waals surface area contributed by atoms with Gasteiger partial charge in [-0.25, -0.2) is 0 Å². The molecular weight excluding hydrogens is 236 g/mol. The molecule has 1 heterocycles. The van der Waals surface area contributed by atoms with E-state index in [9.17, 15) is 5.11 Å². The Morgan fingerprint density at radius 2 is 2.42 bits per heavy atom. The summed E-state index contributed by atoms with van der Waals surface area (Å²) in [6, 6.07) is 3.90. The zero-order valence-corrected chi connectivity index (χ0v) is 9.07. The van der Waals surface area contributed by atoms with E-state index in [1.807, 2.05) is 18.2 Å². The second-order valence-corrected chi connectivity index (χ2v) is 5.02. The third-order valence-corrected chi connectivity index (χ3v) is 3.29. The lowest BCUT2D eigenvalue weighted by molar-refractivity contribution is 0.172. The minimum atomic E-state index is -0.334. The van der Waals surface area contributed by atoms with Crippen LogP contribution < -0.4 is 0 Å². The summed E-state index contributed by atoms with van der Waals surface area (Å²) >= 11 is 4.93. The normalized spacial score (nSPS) is 12.8. The van der Waals surface area contributed by atoms with Crippen LogP contribution in [-0.2, 0) is 0 Å². The molecule has 0 fully saturated rings. The van der Waals surface area contributed by atoms with E-state index in [1.54, 1.807) is 11.3 Å². The molecule has 0 radical (unpaired) electrons. The molecule has 1 rings (SSSR count). The molecule has 1 unspecified atom stereocenters. The SMILES string of the molecule is C=CCCC(O)c1ccc(Br)s1. The fourth-order valence-corrected chi connectivity index (χ4v) is 2.37. The second-order valence-electron chi connectivity index (χ2n) is 2.52. The third kappa shape index (κ3) is 2.73. The van der Waals surface area contributed by atoms with Crippen LogP contribution in [0.5, 0.6) is 0 Å². The highest BCUT2D eigenvalue weighted by molar-refractivity contribution is 9.11. The minimum absolute atomic E-state index is 0.334. The van der Waals surface area contributed by atoms with E-state index in [2.05, 4.69) is 22.5 Å². The first kappa shape index (κ1) is 9.96. The Bertz CT molecular complexity index is 257. The monoisotopic (exact) mass is 246 g/mol. The molecule has 66 valence electrons. The van der Waals surface area contributed by atoms with E-state index in [0.717, 1.165) is 21.5 Å². The maximum absolute atomic E-state index is 9.61. The molecule has 0 saturated heterocycles. The quantitative estimate of drug-likeness (QED) is 0.807. The predicted molar refractivity (Wildman–Crippen MR) is 56.4 cm³/mol. The summed E-state index contributed by atoms with van der Waals surface area (Å²) in [4.78, 5) is 1.02. The van der Waals surface area contributed by atoms with Gasteiger partial charge in [0, 0.05) is 4.88 Å². The van der Waals surface area contributed by atoms with Gasteiger partial charge in [-0.1, -0.05) is 6.08 Å². The van der Waals surface area contributed by atoms with Crippen LogP contribution in [0.1, 0.15) is 23.8 Å². The Morgan fingerprint density at radius 1 is 1.67 bits per heavy atom. The van der Waals surface area contributed by atoms with Gasteiger partial charge in [-0.05, 0) is 40.9 Å². The molecule has 0 saturated carbocycles. The van der Waals surface area contributed by atoms with Crippen molar-refractivity contribution in [1.29, 1.82) is 0 Å². The average Bonchev–Trinajstić information content (AvgIpc) is 2.47. The summed E-state index contributed by atoms with van der Waals surface area (Å²) < 4.78 is 1.06. The Morgan fingerprint density at radius 3 is 2.92 bits per heavy atom. The topological polar surface area (TPSA) is 20.2 Å². The first-order chi connectivity index (χ1) is 5.74. The lowest BCUT2D eigenvalue weighted by atomic mass is 10.2. The van der Waals surface area contributed by atoms with Crippen LogP contribution in [0.15, 0.2) is 28.6 Å². The number of hydrogen-bond donors (Lipinski definition) is 1. The van der Waals surface area contributed by atoms with Gasteiger partial charge < -0.3 is 5.11 Å². The Labute approximate surface area is 84.9 Å². The van der Waals surface area contributed by atoms with Crippen LogP contribution in [-0.4, -0.2) is 5.11 Å². The van der Waals surface area contributed by atoms with E-state index < -0.39 is 0 Å². The van der Waals surface area contributed by atoms with E-state index in [-0.39, 0.29) is 6.10 Å². The Kier molecular flexibility index (Phi) is 3.98. The van der Waals surface area contributed by atoms with E-state index in [1.165, 1.54) is 0 Å². The molecule has 0 bridgehead atoms. The van der Waals surface area contributed by atoms with Crippen molar-refractivity contribution in [3.05, 3.63) is 33.5 Å². The van der Waals surface area contributed by atoms with E-state index in [4.69, 9.17) is 0 Å². The molecule has 0 aliphatic carbocycles. The van der Waals surface area contributed by atoms with Gasteiger partial charge in [-0.3, -0.25) is 0 Å². The Balaban J connectivity index is 2.52. The van der Waals surface area contributed by atoms with Crippen molar-refractivity contribution in [3.8, 4) is 0 Å². The largest absolute Gasteiger partial charge is 0.388 e. The van der Waals surface area contributed by atoms with Gasteiger partial charge in [0.15, 0.2) is 0 Å². The lowest BCUT2D eigenvalue weighted by Gasteiger charge is -2.04. The fraction of sp³-hybridized carbons (Fsp3) is 0.333. The van der Waals surface area contributed by atoms with Crippen molar-refractivity contribution in [2.75, 3.05) is 0 Å². The molecule has 12 heavy (non-hydrogen) atoms. The number of allylic oxidation sites excluding steroid dienone is 1. The second kappa shape index (κ2) is 4.80. The number of rotatable bonds is 4. The van der Waals surface area contributed by atoms with Gasteiger partial charge in [-0.15, -0.1) is 17.9 Å². The highest BCUT2D eigenvalue weighted by Gasteiger charge is 2.08. The highest BCUT2D eigenvalue weighted by Crippen LogP contribution is 2.29. The van der Waals surface area contributed by atoms with Gasteiger partial charge in [-0.2, -0.15) is 0 Å². The summed E-state index contributed by atoms with van der Waals surface area (Å²) in [6.07, 6.45) is 3.11. The standard InChI is InChI=1S/C9H11BrOS/c1-2-3-4-7(11)8-5-6-9(10)12-8/h2,5-7,11H,1,3-4H2. The van der Waals surface area contributed by atoms with Crippen LogP contribution in [0.3, 0.4) is 0 Å². The molecular formula is C9H11BrOS. The first-order valence-electron chi connectivity index (χ1n) is 3.78. The number of hydrogen-bond acceptors (Lipinski definition) is 2. The molecule has 3 heteroatoms. The van der Waals surface area contributed by atoms with Crippen molar-refractivity contribution in [1.82, 2.24) is 0 Å². The lowest BCUT2D eigenvalue weighted by Crippen LogP contribution is -1.92. The Hall–Kier alpha value is -0.120. The van der Waals surface area contributed by atoms with Crippen molar-refractivity contribution in [2.45, 2.75) is 18.9 Å². The summed E-state index contributed by atoms with van der Waals surface area (Å²) in [5.74, 6) is 0. The van der Waals surface area contributed by atoms with E-state index in [0.29, 0.717) is 0 Å². The molecule has 0 aliphatic heterocycles. The number of halogens is 1. The van der Waals surface area contributed by atoms with E-state index >= 15 is 0 Å². The number of thiophene rings is 1. The molecule has 1 N–H and O–H groups in total. The summed E-state index contributed by atoms with van der Waals surface area (Å²) in [5.41, 5.74) is 0. The van der Waals surface area contributed by atoms with Gasteiger partial charge in [0.2, 0.25) is 0 Å². The third-order valence-electron chi connectivity index (χ3n) is 1.57. The van der Waals surface area contributed by atoms with Crippen LogP contribution in [0, 0.1) is 0 Å². The molecule has 1 aromatic rings. The minimum Gasteiger partial charge on any atom is -0.388 e. The van der Waals surface area contributed by atoms with Crippen LogP contribution in [0.25, 0.3) is 0 Å². The summed E-state index contributed by atoms with van der Waals surface area (Å²) in [6.45, 7) is 3.61. The maximum atomic E-state index is 9.61. The molecule has 0 amide bonds. The van der Waals surface area contributed by atoms with Gasteiger partial charge >= 0.3 is 0 Å². The zero-order valence-electron chi connectivity index (χ0n) is 6.66. The van der Waals surface area contributed by atoms with Crippen molar-refractivity contribution < 1.29 is 5.11 Å². The molecule has 0 spiro atoms. The van der Waals surface area contributed by atoms with Crippen molar-refractivity contribution in [2.24, 2.45) is 0 Å². The van der Waals surface area contributed by atoms with Gasteiger partial charge in [0.25, 0.3) is 0 Å². The molecule has 0 aromatic carbocycles. The number of aliphatic hydroxyl groups excluding tert-OH is 1. The molecule has 0 aliphatic rings. The highest BCUT2D eigenvalue weighted by atomic mass is 79.9. The average molecular weight is 247 g/mol. The van der Waals surface area contributed by atoms with Crippen molar-refractivity contribution >= 4 is 27.3 Å². The van der Waals surface area contributed by atoms with Crippen LogP contribution in [0.2, 0.25) is 0 Å². The predicted octanol–water partition coefficient (Wildman–Crippen LogP) is 3.51. The van der Waals surface area contributed by atoms with Gasteiger partial charge in [0.05, 0.1) is 9.89 Å². The van der Waals surface area contributed by atoms with Gasteiger partial charge in [0.1, 0.15) is 0 Å². The summed E-state index contributed by atoms with van der Waals surface area (Å²) in [7, 11) is 0. The molecule has 1 atom stereocenters. The zero-order chi connectivity index (χ0) is 8.97. The molecule has 1 nitrogen and oxygen atoms in total. The maximum Gasteiger partial charge on any atom is 0.0885 e. The number of aliphatic hydroxyl groups is 1. The first-order valence-corrected chi connectivity index (χ1v) is 5.39. The smallest absolute Gasteiger partial charge is 0.0885 e. The van der Waals surface area contributed by atoms with Crippen LogP contribution >= 0.6 is 27.3 Å². The molecule has 1 aromatic heterocycles.